The molecule has 1 aliphatic rings. The number of hydrazine groups is 1. The summed E-state index contributed by atoms with van der Waals surface area (Å²) in [5, 5.41) is 0. The number of nitrogen functional groups attached to an aromatic ring is 1. The Morgan fingerprint density at radius 1 is 1.54 bits per heavy atom. The van der Waals surface area contributed by atoms with E-state index in [0.717, 1.165) is 16.9 Å². The van der Waals surface area contributed by atoms with Gasteiger partial charge in [0.25, 0.3) is 0 Å². The second-order valence-electron chi connectivity index (χ2n) is 3.12. The van der Waals surface area contributed by atoms with E-state index in [1.54, 1.807) is 11.9 Å². The first-order valence-electron chi connectivity index (χ1n) is 4.08. The van der Waals surface area contributed by atoms with E-state index in [1.165, 1.54) is 0 Å². The summed E-state index contributed by atoms with van der Waals surface area (Å²) in [7, 11) is 1.78. The first-order valence-corrected chi connectivity index (χ1v) is 4.08. The quantitative estimate of drug-likeness (QED) is 0.485. The summed E-state index contributed by atoms with van der Waals surface area (Å²) in [4.78, 5) is 13.0. The number of anilines is 2. The Morgan fingerprint density at radius 3 is 3.00 bits per heavy atom. The van der Waals surface area contributed by atoms with Gasteiger partial charge in [-0.25, -0.2) is 0 Å². The lowest BCUT2D eigenvalue weighted by atomic mass is 10.1. The molecule has 0 atom stereocenters. The Hall–Kier alpha value is -1.55. The Kier molecular flexibility index (Phi) is 1.70. The van der Waals surface area contributed by atoms with Crippen molar-refractivity contribution in [2.45, 2.75) is 6.42 Å². The van der Waals surface area contributed by atoms with Crippen LogP contribution in [0.2, 0.25) is 0 Å². The van der Waals surface area contributed by atoms with Crippen molar-refractivity contribution < 1.29 is 4.79 Å². The Morgan fingerprint density at radius 2 is 2.31 bits per heavy atom. The van der Waals surface area contributed by atoms with Gasteiger partial charge in [0.05, 0.1) is 6.42 Å². The smallest absolute Gasteiger partial charge is 0.231 e. The van der Waals surface area contributed by atoms with Gasteiger partial charge in [0, 0.05) is 18.4 Å². The van der Waals surface area contributed by atoms with Gasteiger partial charge in [0.1, 0.15) is 0 Å². The zero-order valence-corrected chi connectivity index (χ0v) is 7.37. The van der Waals surface area contributed by atoms with Crippen LogP contribution in [0.25, 0.3) is 0 Å². The average Bonchev–Trinajstić information content (AvgIpc) is 2.42. The molecule has 4 nitrogen and oxygen atoms in total. The van der Waals surface area contributed by atoms with Crippen LogP contribution in [0.3, 0.4) is 0 Å². The van der Waals surface area contributed by atoms with Gasteiger partial charge in [-0.2, -0.15) is 0 Å². The van der Waals surface area contributed by atoms with Gasteiger partial charge < -0.3 is 10.3 Å². The van der Waals surface area contributed by atoms with E-state index in [4.69, 9.17) is 5.84 Å². The van der Waals surface area contributed by atoms with Crippen LogP contribution in [0.5, 0.6) is 0 Å². The molecule has 1 heterocycles. The van der Waals surface area contributed by atoms with Crippen LogP contribution in [0.1, 0.15) is 5.56 Å². The van der Waals surface area contributed by atoms with Crippen molar-refractivity contribution in [2.75, 3.05) is 17.4 Å². The third kappa shape index (κ3) is 1.15. The molecule has 1 aliphatic heterocycles. The second-order valence-corrected chi connectivity index (χ2v) is 3.12. The van der Waals surface area contributed by atoms with Crippen molar-refractivity contribution in [1.29, 1.82) is 0 Å². The van der Waals surface area contributed by atoms with Crippen LogP contribution >= 0.6 is 0 Å². The molecular formula is C9H11N3O. The van der Waals surface area contributed by atoms with Gasteiger partial charge in [-0.05, 0) is 23.8 Å². The zero-order valence-electron chi connectivity index (χ0n) is 7.37. The number of carbonyl (C=O) groups excluding carboxylic acids is 1. The van der Waals surface area contributed by atoms with E-state index < -0.39 is 0 Å². The predicted octanol–water partition coefficient (Wildman–Crippen LogP) is 0.491. The van der Waals surface area contributed by atoms with E-state index >= 15 is 0 Å². The fraction of sp³-hybridized carbons (Fsp3) is 0.222. The van der Waals surface area contributed by atoms with Gasteiger partial charge >= 0.3 is 0 Å². The Bertz CT molecular complexity index is 362. The third-order valence-corrected chi connectivity index (χ3v) is 2.32. The molecule has 0 bridgehead atoms. The number of nitrogens with two attached hydrogens (primary N) is 1. The minimum Gasteiger partial charge on any atom is -0.324 e. The molecular weight excluding hydrogens is 166 g/mol. The van der Waals surface area contributed by atoms with E-state index in [-0.39, 0.29) is 5.91 Å². The number of benzene rings is 1. The fourth-order valence-electron chi connectivity index (χ4n) is 1.56. The number of likely N-dealkylation sites (N-methyl/N-ethyl adjacent to an activating group) is 1. The lowest BCUT2D eigenvalue weighted by molar-refractivity contribution is -0.117. The highest BCUT2D eigenvalue weighted by atomic mass is 16.2. The third-order valence-electron chi connectivity index (χ3n) is 2.32. The first-order chi connectivity index (χ1) is 6.22. The van der Waals surface area contributed by atoms with Gasteiger partial charge in [-0.3, -0.25) is 10.6 Å². The topological polar surface area (TPSA) is 58.4 Å². The largest absolute Gasteiger partial charge is 0.324 e. The summed E-state index contributed by atoms with van der Waals surface area (Å²) >= 11 is 0. The van der Waals surface area contributed by atoms with Crippen molar-refractivity contribution >= 4 is 17.3 Å². The summed E-state index contributed by atoms with van der Waals surface area (Å²) < 4.78 is 0. The molecule has 0 aliphatic carbocycles. The minimum absolute atomic E-state index is 0.129. The molecule has 0 fully saturated rings. The van der Waals surface area contributed by atoms with E-state index in [1.807, 2.05) is 18.2 Å². The van der Waals surface area contributed by atoms with Crippen LogP contribution in [0.4, 0.5) is 11.4 Å². The van der Waals surface area contributed by atoms with Crippen molar-refractivity contribution in [3.8, 4) is 0 Å². The highest BCUT2D eigenvalue weighted by molar-refractivity contribution is 6.01. The van der Waals surface area contributed by atoms with Crippen LogP contribution < -0.4 is 16.2 Å². The summed E-state index contributed by atoms with van der Waals surface area (Å²) in [6.07, 6.45) is 0.474. The number of hydrogen-bond acceptors (Lipinski definition) is 3. The molecule has 2 rings (SSSR count). The Labute approximate surface area is 76.3 Å². The van der Waals surface area contributed by atoms with Crippen LogP contribution in [-0.4, -0.2) is 13.0 Å². The molecule has 13 heavy (non-hydrogen) atoms. The lowest BCUT2D eigenvalue weighted by Gasteiger charge is -2.10. The lowest BCUT2D eigenvalue weighted by Crippen LogP contribution is -2.20. The molecule has 1 aromatic carbocycles. The first kappa shape index (κ1) is 8.07. The molecule has 0 radical (unpaired) electrons. The van der Waals surface area contributed by atoms with Crippen LogP contribution in [-0.2, 0) is 11.2 Å². The number of fused-ring (bicyclic) bond motifs is 1. The maximum Gasteiger partial charge on any atom is 0.231 e. The molecule has 0 saturated heterocycles. The number of nitrogens with one attached hydrogen (secondary N) is 1. The van der Waals surface area contributed by atoms with Crippen molar-refractivity contribution in [3.63, 3.8) is 0 Å². The molecule has 0 saturated carbocycles. The highest BCUT2D eigenvalue weighted by Gasteiger charge is 2.23. The number of hydrogen-bond donors (Lipinski definition) is 2. The normalized spacial score (nSPS) is 14.6. The van der Waals surface area contributed by atoms with Gasteiger partial charge in [0.15, 0.2) is 0 Å². The molecule has 0 aromatic heterocycles. The molecule has 0 unspecified atom stereocenters. The standard InChI is InChI=1S/C9H11N3O/c1-12-8-3-2-7(11-10)4-6(8)5-9(12)13/h2-4,11H,5,10H2,1H3. The van der Waals surface area contributed by atoms with Crippen LogP contribution in [0.15, 0.2) is 18.2 Å². The number of amides is 1. The minimum atomic E-state index is 0.129. The van der Waals surface area contributed by atoms with Crippen molar-refractivity contribution in [2.24, 2.45) is 5.84 Å². The zero-order chi connectivity index (χ0) is 9.42. The summed E-state index contributed by atoms with van der Waals surface area (Å²) in [5.74, 6) is 5.39. The fourth-order valence-corrected chi connectivity index (χ4v) is 1.56. The van der Waals surface area contributed by atoms with Crippen molar-refractivity contribution in [3.05, 3.63) is 23.8 Å². The van der Waals surface area contributed by atoms with Gasteiger partial charge in [0.2, 0.25) is 5.91 Å². The maximum atomic E-state index is 11.3. The number of nitrogens with zero attached hydrogens (tertiary/aromatic N) is 1. The highest BCUT2D eigenvalue weighted by Crippen LogP contribution is 2.29. The average molecular weight is 177 g/mol. The summed E-state index contributed by atoms with van der Waals surface area (Å²) in [6, 6.07) is 5.65. The van der Waals surface area contributed by atoms with Crippen LogP contribution in [0, 0.1) is 0 Å². The van der Waals surface area contributed by atoms with E-state index in [2.05, 4.69) is 5.43 Å². The number of rotatable bonds is 1. The SMILES string of the molecule is CN1C(=O)Cc2cc(NN)ccc21. The monoisotopic (exact) mass is 177 g/mol. The second kappa shape index (κ2) is 2.74. The molecule has 4 heteroatoms. The molecule has 3 N–H and O–H groups in total. The van der Waals surface area contributed by atoms with E-state index in [0.29, 0.717) is 6.42 Å². The summed E-state index contributed by atoms with van der Waals surface area (Å²) in [6.45, 7) is 0. The predicted molar refractivity (Wildman–Crippen MR) is 51.4 cm³/mol. The van der Waals surface area contributed by atoms with Crippen molar-refractivity contribution in [1.82, 2.24) is 0 Å². The van der Waals surface area contributed by atoms with Gasteiger partial charge in [-0.1, -0.05) is 0 Å². The summed E-state index contributed by atoms with van der Waals surface area (Å²) in [5.41, 5.74) is 5.40. The Balaban J connectivity index is 2.46. The molecule has 1 aromatic rings. The molecule has 68 valence electrons. The maximum absolute atomic E-state index is 11.3. The molecule has 1 amide bonds. The van der Waals surface area contributed by atoms with Gasteiger partial charge in [-0.15, -0.1) is 0 Å². The molecule has 0 spiro atoms. The number of carbonyl (C=O) groups is 1. The van der Waals surface area contributed by atoms with E-state index in [9.17, 15) is 4.79 Å².